The van der Waals surface area contributed by atoms with Crippen LogP contribution >= 0.6 is 11.8 Å². The normalized spacial score (nSPS) is 11.4. The first kappa shape index (κ1) is 19.7. The molecule has 2 aromatic rings. The van der Waals surface area contributed by atoms with E-state index in [1.54, 1.807) is 24.3 Å². The average Bonchev–Trinajstić information content (AvgIpc) is 2.67. The number of imide groups is 1. The topological polar surface area (TPSA) is 72.5 Å². The number of rotatable bonds is 10. The Morgan fingerprint density at radius 1 is 1.12 bits per heavy atom. The summed E-state index contributed by atoms with van der Waals surface area (Å²) in [5.74, 6) is 0.995. The second-order valence-electron chi connectivity index (χ2n) is 5.50. The fraction of sp³-hybridized carbons (Fsp3) is 0.250. The summed E-state index contributed by atoms with van der Waals surface area (Å²) in [7, 11) is 0. The second-order valence-corrected chi connectivity index (χ2v) is 6.98. The van der Waals surface area contributed by atoms with Gasteiger partial charge in [0.2, 0.25) is 12.3 Å². The van der Waals surface area contributed by atoms with Crippen LogP contribution in [0.3, 0.4) is 0 Å². The van der Waals surface area contributed by atoms with Gasteiger partial charge in [-0.2, -0.15) is 0 Å². The number of thioether (sulfide) groups is 1. The highest BCUT2D eigenvalue weighted by atomic mass is 32.2. The van der Waals surface area contributed by atoms with Gasteiger partial charge in [0.1, 0.15) is 5.75 Å². The number of amides is 2. The Labute approximate surface area is 157 Å². The highest BCUT2D eigenvalue weighted by Crippen LogP contribution is 2.19. The Morgan fingerprint density at radius 3 is 2.42 bits per heavy atom. The van der Waals surface area contributed by atoms with Gasteiger partial charge in [0.25, 0.3) is 0 Å². The van der Waals surface area contributed by atoms with Gasteiger partial charge in [-0.15, -0.1) is 11.8 Å². The van der Waals surface area contributed by atoms with Crippen molar-refractivity contribution in [2.75, 3.05) is 12.4 Å². The molecule has 0 aliphatic heterocycles. The highest BCUT2D eigenvalue weighted by Gasteiger charge is 2.18. The lowest BCUT2D eigenvalue weighted by Crippen LogP contribution is -2.33. The molecule has 0 spiro atoms. The number of carbonyl (C=O) groups is 3. The van der Waals surface area contributed by atoms with E-state index in [2.05, 4.69) is 5.32 Å². The van der Waals surface area contributed by atoms with E-state index in [1.165, 1.54) is 11.8 Å². The maximum atomic E-state index is 12.0. The molecule has 2 amide bonds. The van der Waals surface area contributed by atoms with Crippen molar-refractivity contribution in [3.63, 3.8) is 0 Å². The first-order chi connectivity index (χ1) is 12.6. The maximum Gasteiger partial charge on any atom is 0.239 e. The lowest BCUT2D eigenvalue weighted by molar-refractivity contribution is -0.124. The third kappa shape index (κ3) is 6.04. The smallest absolute Gasteiger partial charge is 0.239 e. The first-order valence-electron chi connectivity index (χ1n) is 8.29. The van der Waals surface area contributed by atoms with Gasteiger partial charge in [-0.3, -0.25) is 19.7 Å². The monoisotopic (exact) mass is 371 g/mol. The molecular formula is C20H21NO4S. The highest BCUT2D eigenvalue weighted by molar-refractivity contribution is 8.00. The molecular weight excluding hydrogens is 350 g/mol. The number of Topliss-reactive ketones (excluding diaryl/α,β-unsaturated/α-hetero) is 1. The molecule has 2 aromatic carbocycles. The number of ether oxygens (including phenoxy) is 1. The molecule has 0 fully saturated rings. The molecule has 0 aliphatic rings. The van der Waals surface area contributed by atoms with E-state index in [9.17, 15) is 14.4 Å². The number of carbonyl (C=O) groups excluding carboxylic acids is 3. The molecule has 0 aromatic heterocycles. The van der Waals surface area contributed by atoms with Crippen LogP contribution < -0.4 is 10.1 Å². The van der Waals surface area contributed by atoms with Crippen LogP contribution in [0.1, 0.15) is 22.8 Å². The summed E-state index contributed by atoms with van der Waals surface area (Å²) < 4.78 is 5.54. The molecule has 136 valence electrons. The molecule has 0 radical (unpaired) electrons. The third-order valence-corrected chi connectivity index (χ3v) is 4.79. The van der Waals surface area contributed by atoms with E-state index < -0.39 is 0 Å². The quantitative estimate of drug-likeness (QED) is 0.514. The van der Waals surface area contributed by atoms with Crippen molar-refractivity contribution in [1.82, 2.24) is 5.32 Å². The Morgan fingerprint density at radius 2 is 1.81 bits per heavy atom. The van der Waals surface area contributed by atoms with Crippen molar-refractivity contribution in [2.24, 2.45) is 0 Å². The van der Waals surface area contributed by atoms with Gasteiger partial charge in [-0.25, -0.2) is 0 Å². The van der Waals surface area contributed by atoms with E-state index in [1.807, 2.05) is 37.3 Å². The molecule has 0 heterocycles. The van der Waals surface area contributed by atoms with E-state index in [0.717, 1.165) is 11.3 Å². The summed E-state index contributed by atoms with van der Waals surface area (Å²) >= 11 is 1.49. The Bertz CT molecular complexity index is 731. The lowest BCUT2D eigenvalue weighted by atomic mass is 10.1. The number of nitrogens with one attached hydrogen (secondary N) is 1. The number of hydrogen-bond acceptors (Lipinski definition) is 5. The predicted octanol–water partition coefficient (Wildman–Crippen LogP) is 2.89. The largest absolute Gasteiger partial charge is 0.485 e. The van der Waals surface area contributed by atoms with Crippen LogP contribution in [-0.4, -0.2) is 35.7 Å². The summed E-state index contributed by atoms with van der Waals surface area (Å²) in [6.45, 7) is 1.94. The van der Waals surface area contributed by atoms with Gasteiger partial charge in [-0.1, -0.05) is 49.4 Å². The molecule has 0 saturated heterocycles. The van der Waals surface area contributed by atoms with E-state index in [4.69, 9.17) is 4.74 Å². The Kier molecular flexibility index (Phi) is 7.89. The van der Waals surface area contributed by atoms with Crippen LogP contribution in [0.2, 0.25) is 0 Å². The summed E-state index contributed by atoms with van der Waals surface area (Å²) in [6, 6.07) is 16.3. The number of benzene rings is 2. The van der Waals surface area contributed by atoms with E-state index in [0.29, 0.717) is 24.1 Å². The molecule has 1 unspecified atom stereocenters. The fourth-order valence-corrected chi connectivity index (χ4v) is 3.30. The summed E-state index contributed by atoms with van der Waals surface area (Å²) in [4.78, 5) is 34.4. The van der Waals surface area contributed by atoms with Crippen molar-refractivity contribution in [3.8, 4) is 5.75 Å². The van der Waals surface area contributed by atoms with E-state index >= 15 is 0 Å². The minimum Gasteiger partial charge on any atom is -0.485 e. The van der Waals surface area contributed by atoms with Gasteiger partial charge < -0.3 is 4.74 Å². The van der Waals surface area contributed by atoms with Gasteiger partial charge >= 0.3 is 0 Å². The fourth-order valence-electron chi connectivity index (χ4n) is 2.37. The van der Waals surface area contributed by atoms with Crippen molar-refractivity contribution in [3.05, 3.63) is 65.7 Å². The zero-order valence-corrected chi connectivity index (χ0v) is 15.3. The molecule has 0 bridgehead atoms. The molecule has 6 heteroatoms. The zero-order valence-electron chi connectivity index (χ0n) is 14.5. The van der Waals surface area contributed by atoms with Crippen molar-refractivity contribution >= 4 is 29.9 Å². The van der Waals surface area contributed by atoms with Gasteiger partial charge in [0.15, 0.2) is 12.4 Å². The van der Waals surface area contributed by atoms with Crippen LogP contribution in [0, 0.1) is 0 Å². The molecule has 26 heavy (non-hydrogen) atoms. The molecule has 0 saturated carbocycles. The van der Waals surface area contributed by atoms with Crippen LogP contribution in [0.4, 0.5) is 0 Å². The SMILES string of the molecule is CCSC(Cc1ccc(OCC(=O)c2ccccc2)cc1)C(=O)NC=O. The van der Waals surface area contributed by atoms with Crippen molar-refractivity contribution in [2.45, 2.75) is 18.6 Å². The Hall–Kier alpha value is -2.60. The average molecular weight is 371 g/mol. The van der Waals surface area contributed by atoms with Crippen LogP contribution in [-0.2, 0) is 16.0 Å². The van der Waals surface area contributed by atoms with Crippen molar-refractivity contribution < 1.29 is 19.1 Å². The van der Waals surface area contributed by atoms with Gasteiger partial charge in [0.05, 0.1) is 5.25 Å². The zero-order chi connectivity index (χ0) is 18.8. The van der Waals surface area contributed by atoms with Crippen LogP contribution in [0.15, 0.2) is 54.6 Å². The third-order valence-electron chi connectivity index (χ3n) is 3.67. The molecule has 5 nitrogen and oxygen atoms in total. The predicted molar refractivity (Wildman–Crippen MR) is 103 cm³/mol. The molecule has 1 N–H and O–H groups in total. The maximum absolute atomic E-state index is 12.0. The lowest BCUT2D eigenvalue weighted by Gasteiger charge is -2.14. The molecule has 2 rings (SSSR count). The van der Waals surface area contributed by atoms with E-state index in [-0.39, 0.29) is 23.5 Å². The first-order valence-corrected chi connectivity index (χ1v) is 9.34. The van der Waals surface area contributed by atoms with Gasteiger partial charge in [0, 0.05) is 5.56 Å². The number of ketones is 1. The molecule has 0 aliphatic carbocycles. The summed E-state index contributed by atoms with van der Waals surface area (Å²) in [5.41, 5.74) is 1.57. The summed E-state index contributed by atoms with van der Waals surface area (Å²) in [6.07, 6.45) is 0.924. The van der Waals surface area contributed by atoms with Gasteiger partial charge in [-0.05, 0) is 29.9 Å². The Balaban J connectivity index is 1.91. The summed E-state index contributed by atoms with van der Waals surface area (Å²) in [5, 5.41) is 1.89. The van der Waals surface area contributed by atoms with Crippen molar-refractivity contribution in [1.29, 1.82) is 0 Å². The van der Waals surface area contributed by atoms with Crippen LogP contribution in [0.25, 0.3) is 0 Å². The minimum atomic E-state index is -0.323. The minimum absolute atomic E-state index is 0.0284. The standard InChI is InChI=1S/C20H21NO4S/c1-2-26-19(20(24)21-14-22)12-15-8-10-17(11-9-15)25-13-18(23)16-6-4-3-5-7-16/h3-11,14,19H,2,12-13H2,1H3,(H,21,22,24). The molecule has 1 atom stereocenters. The van der Waals surface area contributed by atoms with Crippen LogP contribution in [0.5, 0.6) is 5.75 Å². The second kappa shape index (κ2) is 10.4. The number of hydrogen-bond donors (Lipinski definition) is 1.